The molecule has 0 bridgehead atoms. The SMILES string of the molecule is CC(=O)OCCC/C(C)=C/CC/C(C)=C/CC/C=C(\C)CC/C=C(\C)CCC=C(C)C. The van der Waals surface area contributed by atoms with E-state index in [2.05, 4.69) is 71.9 Å². The third-order valence-electron chi connectivity index (χ3n) is 5.33. The molecule has 0 fully saturated rings. The Labute approximate surface area is 193 Å². The molecule has 31 heavy (non-hydrogen) atoms. The lowest BCUT2D eigenvalue weighted by molar-refractivity contribution is -0.141. The van der Waals surface area contributed by atoms with Crippen LogP contribution in [-0.2, 0) is 9.53 Å². The topological polar surface area (TPSA) is 26.3 Å². The summed E-state index contributed by atoms with van der Waals surface area (Å²) in [6.45, 7) is 15.2. The fourth-order valence-electron chi connectivity index (χ4n) is 3.32. The number of esters is 1. The molecule has 0 aromatic heterocycles. The van der Waals surface area contributed by atoms with E-state index in [-0.39, 0.29) is 5.97 Å². The fourth-order valence-corrected chi connectivity index (χ4v) is 3.32. The van der Waals surface area contributed by atoms with E-state index in [1.165, 1.54) is 47.6 Å². The van der Waals surface area contributed by atoms with Gasteiger partial charge in [0.2, 0.25) is 0 Å². The van der Waals surface area contributed by atoms with Gasteiger partial charge in [0.25, 0.3) is 0 Å². The normalized spacial score (nSPS) is 13.4. The molecule has 0 unspecified atom stereocenters. The van der Waals surface area contributed by atoms with Gasteiger partial charge < -0.3 is 4.74 Å². The lowest BCUT2D eigenvalue weighted by Gasteiger charge is -2.04. The molecule has 0 aliphatic rings. The molecule has 0 saturated heterocycles. The van der Waals surface area contributed by atoms with E-state index in [4.69, 9.17) is 4.74 Å². The van der Waals surface area contributed by atoms with Crippen LogP contribution in [0.4, 0.5) is 0 Å². The molecule has 0 heterocycles. The number of rotatable bonds is 16. The minimum atomic E-state index is -0.190. The van der Waals surface area contributed by atoms with E-state index < -0.39 is 0 Å². The minimum Gasteiger partial charge on any atom is -0.466 e. The van der Waals surface area contributed by atoms with Gasteiger partial charge >= 0.3 is 5.97 Å². The largest absolute Gasteiger partial charge is 0.466 e. The molecule has 0 spiro atoms. The summed E-state index contributed by atoms with van der Waals surface area (Å²) in [5.74, 6) is -0.190. The van der Waals surface area contributed by atoms with Crippen LogP contribution in [0.15, 0.2) is 58.2 Å². The summed E-state index contributed by atoms with van der Waals surface area (Å²) >= 11 is 0. The molecule has 2 heteroatoms. The molecule has 176 valence electrons. The van der Waals surface area contributed by atoms with E-state index in [9.17, 15) is 4.79 Å². The van der Waals surface area contributed by atoms with Crippen molar-refractivity contribution in [1.82, 2.24) is 0 Å². The van der Waals surface area contributed by atoms with Crippen LogP contribution in [0.3, 0.4) is 0 Å². The van der Waals surface area contributed by atoms with Gasteiger partial charge in [-0.2, -0.15) is 0 Å². The smallest absolute Gasteiger partial charge is 0.302 e. The van der Waals surface area contributed by atoms with Crippen LogP contribution in [0, 0.1) is 0 Å². The molecule has 0 radical (unpaired) electrons. The molecule has 2 nitrogen and oxygen atoms in total. The molecule has 0 aromatic carbocycles. The monoisotopic (exact) mass is 428 g/mol. The van der Waals surface area contributed by atoms with Gasteiger partial charge in [-0.05, 0) is 106 Å². The van der Waals surface area contributed by atoms with Crippen molar-refractivity contribution in [3.8, 4) is 0 Å². The summed E-state index contributed by atoms with van der Waals surface area (Å²) in [7, 11) is 0. The second-order valence-electron chi connectivity index (χ2n) is 9.12. The summed E-state index contributed by atoms with van der Waals surface area (Å²) in [4.78, 5) is 10.7. The van der Waals surface area contributed by atoms with Gasteiger partial charge in [0.1, 0.15) is 0 Å². The average molecular weight is 429 g/mol. The molecule has 0 aliphatic heterocycles. The van der Waals surface area contributed by atoms with Gasteiger partial charge in [0, 0.05) is 6.92 Å². The third kappa shape index (κ3) is 21.2. The molecule has 0 saturated carbocycles. The van der Waals surface area contributed by atoms with E-state index in [1.807, 2.05) is 0 Å². The molecule has 0 N–H and O–H groups in total. The summed E-state index contributed by atoms with van der Waals surface area (Å²) in [5, 5.41) is 0. The van der Waals surface area contributed by atoms with Crippen molar-refractivity contribution < 1.29 is 9.53 Å². The van der Waals surface area contributed by atoms with Crippen LogP contribution < -0.4 is 0 Å². The van der Waals surface area contributed by atoms with E-state index >= 15 is 0 Å². The van der Waals surface area contributed by atoms with Gasteiger partial charge in [-0.25, -0.2) is 0 Å². The highest BCUT2D eigenvalue weighted by atomic mass is 16.5. The zero-order valence-electron chi connectivity index (χ0n) is 21.5. The van der Waals surface area contributed by atoms with Crippen molar-refractivity contribution in [3.05, 3.63) is 58.2 Å². The Kier molecular flexibility index (Phi) is 17.8. The quantitative estimate of drug-likeness (QED) is 0.139. The van der Waals surface area contributed by atoms with Crippen LogP contribution in [0.2, 0.25) is 0 Å². The summed E-state index contributed by atoms with van der Waals surface area (Å²) < 4.78 is 4.98. The predicted molar refractivity (Wildman–Crippen MR) is 137 cm³/mol. The first-order valence-electron chi connectivity index (χ1n) is 12.1. The van der Waals surface area contributed by atoms with Crippen molar-refractivity contribution in [2.24, 2.45) is 0 Å². The Morgan fingerprint density at radius 3 is 1.35 bits per heavy atom. The first-order valence-corrected chi connectivity index (χ1v) is 12.1. The summed E-state index contributed by atoms with van der Waals surface area (Å²) in [5.41, 5.74) is 7.30. The number of unbranched alkanes of at least 4 members (excludes halogenated alkanes) is 1. The Balaban J connectivity index is 4.00. The molecule has 0 amide bonds. The van der Waals surface area contributed by atoms with E-state index in [0.717, 1.165) is 51.4 Å². The third-order valence-corrected chi connectivity index (χ3v) is 5.33. The van der Waals surface area contributed by atoms with Crippen molar-refractivity contribution in [1.29, 1.82) is 0 Å². The highest BCUT2D eigenvalue weighted by molar-refractivity contribution is 5.65. The molecule has 0 atom stereocenters. The number of carbonyl (C=O) groups is 1. The molecule has 0 aromatic rings. The Morgan fingerprint density at radius 1 is 0.548 bits per heavy atom. The standard InChI is InChI=1S/C29H48O2/c1-24(2)14-10-17-27(5)20-11-18-25(3)15-8-9-16-26(4)19-12-21-28(6)22-13-23-31-29(7)30/h14-16,20-21H,8-13,17-19,22-23H2,1-7H3/b25-15+,26-16+,27-20+,28-21+. The van der Waals surface area contributed by atoms with Crippen molar-refractivity contribution in [3.63, 3.8) is 0 Å². The number of carbonyl (C=O) groups excluding carboxylic acids is 1. The van der Waals surface area contributed by atoms with Gasteiger partial charge in [-0.1, -0.05) is 58.2 Å². The number of allylic oxidation sites excluding steroid dienone is 10. The molecule has 0 rings (SSSR count). The Bertz CT molecular complexity index is 652. The highest BCUT2D eigenvalue weighted by Gasteiger charge is 1.96. The minimum absolute atomic E-state index is 0.190. The van der Waals surface area contributed by atoms with Gasteiger partial charge in [0.15, 0.2) is 0 Å². The fraction of sp³-hybridized carbons (Fsp3) is 0.621. The van der Waals surface area contributed by atoms with Gasteiger partial charge in [-0.3, -0.25) is 4.79 Å². The maximum Gasteiger partial charge on any atom is 0.302 e. The summed E-state index contributed by atoms with van der Waals surface area (Å²) in [6, 6.07) is 0. The van der Waals surface area contributed by atoms with Crippen LogP contribution in [0.1, 0.15) is 113 Å². The number of hydrogen-bond acceptors (Lipinski definition) is 2. The van der Waals surface area contributed by atoms with Crippen LogP contribution >= 0.6 is 0 Å². The van der Waals surface area contributed by atoms with Crippen LogP contribution in [0.5, 0.6) is 0 Å². The average Bonchev–Trinajstić information content (AvgIpc) is 2.68. The zero-order valence-corrected chi connectivity index (χ0v) is 21.5. The van der Waals surface area contributed by atoms with Gasteiger partial charge in [-0.15, -0.1) is 0 Å². The second kappa shape index (κ2) is 18.9. The van der Waals surface area contributed by atoms with E-state index in [0.29, 0.717) is 6.61 Å². The first kappa shape index (κ1) is 29.2. The molecule has 0 aliphatic carbocycles. The lowest BCUT2D eigenvalue weighted by Crippen LogP contribution is -2.00. The van der Waals surface area contributed by atoms with Crippen LogP contribution in [0.25, 0.3) is 0 Å². The number of ether oxygens (including phenoxy) is 1. The second-order valence-corrected chi connectivity index (χ2v) is 9.12. The number of hydrogen-bond donors (Lipinski definition) is 0. The predicted octanol–water partition coefficient (Wildman–Crippen LogP) is 9.20. The Hall–Kier alpha value is -1.83. The maximum atomic E-state index is 10.7. The first-order chi connectivity index (χ1) is 14.7. The summed E-state index contributed by atoms with van der Waals surface area (Å²) in [6.07, 6.45) is 22.9. The molecular weight excluding hydrogens is 380 g/mol. The van der Waals surface area contributed by atoms with Crippen molar-refractivity contribution in [2.75, 3.05) is 6.61 Å². The highest BCUT2D eigenvalue weighted by Crippen LogP contribution is 2.14. The molecular formula is C29H48O2. The van der Waals surface area contributed by atoms with E-state index in [1.54, 1.807) is 0 Å². The zero-order chi connectivity index (χ0) is 23.5. The van der Waals surface area contributed by atoms with Gasteiger partial charge in [0.05, 0.1) is 6.61 Å². The maximum absolute atomic E-state index is 10.7. The van der Waals surface area contributed by atoms with Crippen molar-refractivity contribution in [2.45, 2.75) is 113 Å². The van der Waals surface area contributed by atoms with Crippen LogP contribution in [-0.4, -0.2) is 12.6 Å². The Morgan fingerprint density at radius 2 is 0.935 bits per heavy atom. The van der Waals surface area contributed by atoms with Crippen molar-refractivity contribution >= 4 is 5.97 Å². The lowest BCUT2D eigenvalue weighted by atomic mass is 10.0.